The van der Waals surface area contributed by atoms with Crippen molar-refractivity contribution in [3.63, 3.8) is 0 Å². The zero-order chi connectivity index (χ0) is 29.7. The van der Waals surface area contributed by atoms with Crippen LogP contribution in [0.3, 0.4) is 0 Å². The van der Waals surface area contributed by atoms with Crippen LogP contribution in [-0.2, 0) is 4.79 Å². The molecule has 1 rings (SSSR count). The Hall–Kier alpha value is -0.570. The van der Waals surface area contributed by atoms with Gasteiger partial charge in [0.15, 0.2) is 0 Å². The summed E-state index contributed by atoms with van der Waals surface area (Å²) >= 11 is 0. The Morgan fingerprint density at radius 1 is 0.512 bits per heavy atom. The minimum atomic E-state index is -0.452. The Morgan fingerprint density at radius 2 is 0.805 bits per heavy atom. The molecule has 0 saturated heterocycles. The molecule has 1 unspecified atom stereocenters. The first-order valence-electron chi connectivity index (χ1n) is 19.1. The van der Waals surface area contributed by atoms with E-state index in [1.807, 2.05) is 0 Å². The number of hydrogen-bond donors (Lipinski definition) is 2. The summed E-state index contributed by atoms with van der Waals surface area (Å²) in [6.45, 7) is 5.35. The number of hydrogen-bond acceptors (Lipinski definition) is 2. The van der Waals surface area contributed by atoms with E-state index in [1.54, 1.807) is 0 Å². The molecular formula is C38H75NO2. The van der Waals surface area contributed by atoms with E-state index in [1.165, 1.54) is 173 Å². The maximum absolute atomic E-state index is 12.8. The molecule has 1 atom stereocenters. The highest BCUT2D eigenvalue weighted by atomic mass is 16.3. The number of aliphatic hydroxyl groups excluding tert-OH is 1. The van der Waals surface area contributed by atoms with E-state index in [-0.39, 0.29) is 5.91 Å². The van der Waals surface area contributed by atoms with Crippen molar-refractivity contribution in [2.75, 3.05) is 6.54 Å². The molecule has 3 heteroatoms. The third kappa shape index (κ3) is 21.7. The Kier molecular flexibility index (Phi) is 26.5. The van der Waals surface area contributed by atoms with Gasteiger partial charge in [-0.25, -0.2) is 0 Å². The predicted octanol–water partition coefficient (Wildman–Crippen LogP) is 12.0. The van der Waals surface area contributed by atoms with Gasteiger partial charge < -0.3 is 10.4 Å². The number of rotatable bonds is 33. The predicted molar refractivity (Wildman–Crippen MR) is 181 cm³/mol. The lowest BCUT2D eigenvalue weighted by molar-refractivity contribution is -0.130. The van der Waals surface area contributed by atoms with Crippen LogP contribution in [0.4, 0.5) is 0 Å². The molecule has 1 saturated carbocycles. The maximum atomic E-state index is 12.8. The molecule has 0 aromatic carbocycles. The minimum Gasteiger partial charge on any atom is -0.392 e. The molecule has 1 amide bonds. The summed E-state index contributed by atoms with van der Waals surface area (Å²) in [6.07, 6.45) is 41.5. The molecule has 0 aliphatic heterocycles. The van der Waals surface area contributed by atoms with E-state index >= 15 is 0 Å². The average molecular weight is 578 g/mol. The van der Waals surface area contributed by atoms with Crippen molar-refractivity contribution in [2.45, 2.75) is 225 Å². The average Bonchev–Trinajstić information content (AvgIpc) is 3.79. The number of unbranched alkanes of at least 4 members (excludes halogenated alkanes) is 27. The summed E-state index contributed by atoms with van der Waals surface area (Å²) in [5, 5.41) is 13.9. The first-order chi connectivity index (χ1) is 20.2. The summed E-state index contributed by atoms with van der Waals surface area (Å²) in [6, 6.07) is 0. The molecular weight excluding hydrogens is 502 g/mol. The van der Waals surface area contributed by atoms with Gasteiger partial charge in [-0.05, 0) is 25.7 Å². The summed E-state index contributed by atoms with van der Waals surface area (Å²) in [5.41, 5.74) is -0.452. The second kappa shape index (κ2) is 28.2. The summed E-state index contributed by atoms with van der Waals surface area (Å²) in [5.74, 6) is 0.126. The van der Waals surface area contributed by atoms with Crippen LogP contribution in [0.15, 0.2) is 0 Å². The lowest BCUT2D eigenvalue weighted by Crippen LogP contribution is -2.39. The SMILES string of the molecule is CCCCCCCCCCCCCCCCCCNC(=O)C1(C(O)CCCCCCCCCCCCCCC)CC1. The van der Waals surface area contributed by atoms with E-state index < -0.39 is 11.5 Å². The highest BCUT2D eigenvalue weighted by Gasteiger charge is 2.54. The smallest absolute Gasteiger partial charge is 0.228 e. The second-order valence-corrected chi connectivity index (χ2v) is 13.8. The van der Waals surface area contributed by atoms with Gasteiger partial charge in [-0.1, -0.05) is 194 Å². The molecule has 0 aromatic heterocycles. The molecule has 0 aromatic rings. The van der Waals surface area contributed by atoms with E-state index in [0.717, 1.165) is 38.6 Å². The van der Waals surface area contributed by atoms with Crippen LogP contribution in [-0.4, -0.2) is 23.7 Å². The Labute approximate surface area is 258 Å². The lowest BCUT2D eigenvalue weighted by Gasteiger charge is -2.21. The molecule has 0 radical (unpaired) electrons. The number of nitrogens with one attached hydrogen (secondary N) is 1. The zero-order valence-electron chi connectivity index (χ0n) is 28.3. The molecule has 1 aliphatic carbocycles. The molecule has 244 valence electrons. The molecule has 0 heterocycles. The second-order valence-electron chi connectivity index (χ2n) is 13.8. The Bertz CT molecular complexity index is 558. The van der Waals surface area contributed by atoms with Crippen molar-refractivity contribution in [1.29, 1.82) is 0 Å². The van der Waals surface area contributed by atoms with Gasteiger partial charge in [0.1, 0.15) is 0 Å². The van der Waals surface area contributed by atoms with Crippen LogP contribution in [0, 0.1) is 5.41 Å². The highest BCUT2D eigenvalue weighted by Crippen LogP contribution is 2.50. The van der Waals surface area contributed by atoms with Crippen LogP contribution in [0.2, 0.25) is 0 Å². The van der Waals surface area contributed by atoms with Crippen LogP contribution in [0.1, 0.15) is 219 Å². The monoisotopic (exact) mass is 578 g/mol. The van der Waals surface area contributed by atoms with Gasteiger partial charge in [0.2, 0.25) is 5.91 Å². The van der Waals surface area contributed by atoms with Gasteiger partial charge in [-0.3, -0.25) is 4.79 Å². The van der Waals surface area contributed by atoms with Crippen molar-refractivity contribution in [1.82, 2.24) is 5.32 Å². The quantitative estimate of drug-likeness (QED) is 0.0762. The largest absolute Gasteiger partial charge is 0.392 e. The van der Waals surface area contributed by atoms with E-state index in [9.17, 15) is 9.90 Å². The lowest BCUT2D eigenvalue weighted by atomic mass is 9.93. The molecule has 3 nitrogen and oxygen atoms in total. The summed E-state index contributed by atoms with van der Waals surface area (Å²) in [4.78, 5) is 12.8. The molecule has 1 fully saturated rings. The first kappa shape index (κ1) is 38.5. The van der Waals surface area contributed by atoms with Gasteiger partial charge in [0.25, 0.3) is 0 Å². The Balaban J connectivity index is 1.86. The standard InChI is InChI=1S/C38H75NO2/c1-3-5-7-9-11-13-15-17-18-19-21-23-25-27-29-31-35-39-37(41)38(33-34-38)36(40)32-30-28-26-24-22-20-16-14-12-10-8-6-4-2/h36,40H,3-35H2,1-2H3,(H,39,41). The van der Waals surface area contributed by atoms with Crippen molar-refractivity contribution in [3.8, 4) is 0 Å². The minimum absolute atomic E-state index is 0.126. The van der Waals surface area contributed by atoms with Crippen LogP contribution >= 0.6 is 0 Å². The molecule has 41 heavy (non-hydrogen) atoms. The molecule has 2 N–H and O–H groups in total. The zero-order valence-corrected chi connectivity index (χ0v) is 28.3. The number of carbonyl (C=O) groups is 1. The molecule has 0 bridgehead atoms. The number of amides is 1. The maximum Gasteiger partial charge on any atom is 0.228 e. The van der Waals surface area contributed by atoms with Gasteiger partial charge >= 0.3 is 0 Å². The number of carbonyl (C=O) groups excluding carboxylic acids is 1. The topological polar surface area (TPSA) is 49.3 Å². The van der Waals surface area contributed by atoms with Crippen molar-refractivity contribution >= 4 is 5.91 Å². The normalized spacial score (nSPS) is 14.8. The van der Waals surface area contributed by atoms with Crippen molar-refractivity contribution in [2.24, 2.45) is 5.41 Å². The van der Waals surface area contributed by atoms with Gasteiger partial charge in [0, 0.05) is 6.54 Å². The van der Waals surface area contributed by atoms with Crippen LogP contribution in [0.25, 0.3) is 0 Å². The Morgan fingerprint density at radius 3 is 1.12 bits per heavy atom. The fourth-order valence-corrected chi connectivity index (χ4v) is 6.53. The van der Waals surface area contributed by atoms with Crippen molar-refractivity contribution < 1.29 is 9.90 Å². The van der Waals surface area contributed by atoms with Crippen molar-refractivity contribution in [3.05, 3.63) is 0 Å². The first-order valence-corrected chi connectivity index (χ1v) is 19.1. The third-order valence-electron chi connectivity index (χ3n) is 9.78. The van der Waals surface area contributed by atoms with Crippen LogP contribution in [0.5, 0.6) is 0 Å². The summed E-state index contributed by atoms with van der Waals surface area (Å²) < 4.78 is 0. The van der Waals surface area contributed by atoms with Gasteiger partial charge in [-0.2, -0.15) is 0 Å². The van der Waals surface area contributed by atoms with Crippen LogP contribution < -0.4 is 5.32 Å². The summed E-state index contributed by atoms with van der Waals surface area (Å²) in [7, 11) is 0. The fourth-order valence-electron chi connectivity index (χ4n) is 6.53. The number of aliphatic hydroxyl groups is 1. The molecule has 0 spiro atoms. The van der Waals surface area contributed by atoms with Gasteiger partial charge in [-0.15, -0.1) is 0 Å². The third-order valence-corrected chi connectivity index (χ3v) is 9.78. The fraction of sp³-hybridized carbons (Fsp3) is 0.974. The van der Waals surface area contributed by atoms with E-state index in [2.05, 4.69) is 19.2 Å². The van der Waals surface area contributed by atoms with E-state index in [0.29, 0.717) is 0 Å². The molecule has 1 aliphatic rings. The van der Waals surface area contributed by atoms with E-state index in [4.69, 9.17) is 0 Å². The highest BCUT2D eigenvalue weighted by molar-refractivity contribution is 5.85. The van der Waals surface area contributed by atoms with Gasteiger partial charge in [0.05, 0.1) is 11.5 Å².